The van der Waals surface area contributed by atoms with Gasteiger partial charge in [-0.15, -0.1) is 0 Å². The van der Waals surface area contributed by atoms with E-state index in [1.165, 1.54) is 51.6 Å². The average molecular weight is 195 g/mol. The van der Waals surface area contributed by atoms with E-state index in [0.29, 0.717) is 0 Å². The van der Waals surface area contributed by atoms with E-state index in [9.17, 15) is 0 Å². The monoisotopic (exact) mass is 195 g/mol. The molecule has 2 saturated carbocycles. The summed E-state index contributed by atoms with van der Waals surface area (Å²) in [6.45, 7) is 7.18. The third kappa shape index (κ3) is 2.73. The van der Waals surface area contributed by atoms with Crippen LogP contribution in [0, 0.1) is 17.3 Å². The van der Waals surface area contributed by atoms with Crippen molar-refractivity contribution in [3.63, 3.8) is 0 Å². The predicted octanol–water partition coefficient (Wildman–Crippen LogP) is 3.20. The molecule has 0 heterocycles. The van der Waals surface area contributed by atoms with Crippen molar-refractivity contribution in [3.05, 3.63) is 0 Å². The van der Waals surface area contributed by atoms with Crippen LogP contribution in [0.15, 0.2) is 0 Å². The van der Waals surface area contributed by atoms with Crippen LogP contribution in [-0.4, -0.2) is 13.1 Å². The van der Waals surface area contributed by atoms with Gasteiger partial charge in [0.05, 0.1) is 0 Å². The molecule has 14 heavy (non-hydrogen) atoms. The van der Waals surface area contributed by atoms with Crippen molar-refractivity contribution in [1.82, 2.24) is 5.32 Å². The molecule has 2 aliphatic carbocycles. The molecular weight excluding hydrogens is 170 g/mol. The zero-order valence-corrected chi connectivity index (χ0v) is 9.81. The quantitative estimate of drug-likeness (QED) is 0.615. The van der Waals surface area contributed by atoms with Crippen LogP contribution >= 0.6 is 0 Å². The first-order valence-corrected chi connectivity index (χ1v) is 6.44. The van der Waals surface area contributed by atoms with Crippen molar-refractivity contribution in [3.8, 4) is 0 Å². The van der Waals surface area contributed by atoms with E-state index in [-0.39, 0.29) is 0 Å². The molecule has 0 atom stereocenters. The number of nitrogens with one attached hydrogen (secondary N) is 1. The second-order valence-electron chi connectivity index (χ2n) is 5.85. The second-order valence-corrected chi connectivity index (χ2v) is 5.85. The molecule has 0 aliphatic heterocycles. The van der Waals surface area contributed by atoms with Crippen LogP contribution in [0.1, 0.15) is 52.4 Å². The van der Waals surface area contributed by atoms with Crippen LogP contribution in [0.5, 0.6) is 0 Å². The van der Waals surface area contributed by atoms with E-state index in [2.05, 4.69) is 19.2 Å². The SMILES string of the molecule is CC(C)CCCNCC1(C2CC2)CC1. The molecule has 0 aromatic carbocycles. The van der Waals surface area contributed by atoms with E-state index in [4.69, 9.17) is 0 Å². The Kier molecular flexibility index (Phi) is 3.16. The van der Waals surface area contributed by atoms with E-state index >= 15 is 0 Å². The van der Waals surface area contributed by atoms with Gasteiger partial charge in [0.2, 0.25) is 0 Å². The molecule has 1 heteroatoms. The highest BCUT2D eigenvalue weighted by atomic mass is 14.9. The van der Waals surface area contributed by atoms with Crippen molar-refractivity contribution >= 4 is 0 Å². The van der Waals surface area contributed by atoms with Crippen molar-refractivity contribution in [1.29, 1.82) is 0 Å². The maximum atomic E-state index is 3.66. The molecule has 0 bridgehead atoms. The third-order valence-electron chi connectivity index (χ3n) is 3.95. The Bertz CT molecular complexity index is 178. The smallest absolute Gasteiger partial charge is 0.00105 e. The summed E-state index contributed by atoms with van der Waals surface area (Å²) >= 11 is 0. The van der Waals surface area contributed by atoms with Gasteiger partial charge in [0, 0.05) is 6.54 Å². The van der Waals surface area contributed by atoms with E-state index < -0.39 is 0 Å². The number of hydrogen-bond acceptors (Lipinski definition) is 1. The summed E-state index contributed by atoms with van der Waals surface area (Å²) in [5, 5.41) is 3.66. The highest BCUT2D eigenvalue weighted by Gasteiger charge is 2.52. The summed E-state index contributed by atoms with van der Waals surface area (Å²) in [6.07, 6.45) is 8.80. The largest absolute Gasteiger partial charge is 0.316 e. The van der Waals surface area contributed by atoms with Gasteiger partial charge < -0.3 is 5.32 Å². The minimum atomic E-state index is 0.790. The molecule has 0 unspecified atom stereocenters. The maximum absolute atomic E-state index is 3.66. The Morgan fingerprint density at radius 3 is 2.50 bits per heavy atom. The molecule has 1 nitrogen and oxygen atoms in total. The minimum Gasteiger partial charge on any atom is -0.316 e. The first kappa shape index (κ1) is 10.5. The Morgan fingerprint density at radius 1 is 1.29 bits per heavy atom. The van der Waals surface area contributed by atoms with Gasteiger partial charge in [-0.2, -0.15) is 0 Å². The Balaban J connectivity index is 1.51. The molecule has 2 rings (SSSR count). The first-order chi connectivity index (χ1) is 6.73. The van der Waals surface area contributed by atoms with Crippen molar-refractivity contribution in [2.75, 3.05) is 13.1 Å². The third-order valence-corrected chi connectivity index (χ3v) is 3.95. The highest BCUT2D eigenvalue weighted by Crippen LogP contribution is 2.60. The van der Waals surface area contributed by atoms with Gasteiger partial charge in [0.1, 0.15) is 0 Å². The molecule has 2 fully saturated rings. The molecule has 0 radical (unpaired) electrons. The molecule has 0 amide bonds. The average Bonchev–Trinajstić information content (AvgIpc) is 2.98. The second kappa shape index (κ2) is 4.22. The molecule has 0 aromatic heterocycles. The van der Waals surface area contributed by atoms with Crippen molar-refractivity contribution < 1.29 is 0 Å². The fourth-order valence-electron chi connectivity index (χ4n) is 2.56. The van der Waals surface area contributed by atoms with E-state index in [0.717, 1.165) is 17.3 Å². The van der Waals surface area contributed by atoms with Crippen LogP contribution in [0.25, 0.3) is 0 Å². The summed E-state index contributed by atoms with van der Waals surface area (Å²) < 4.78 is 0. The van der Waals surface area contributed by atoms with Crippen LogP contribution in [0.3, 0.4) is 0 Å². The number of hydrogen-bond donors (Lipinski definition) is 1. The highest BCUT2D eigenvalue weighted by molar-refractivity contribution is 5.04. The maximum Gasteiger partial charge on any atom is 0.00105 e. The molecule has 1 N–H and O–H groups in total. The molecule has 0 aromatic rings. The molecule has 2 aliphatic rings. The summed E-state index contributed by atoms with van der Waals surface area (Å²) in [5.41, 5.74) is 0.790. The molecule has 0 spiro atoms. The Hall–Kier alpha value is -0.0400. The van der Waals surface area contributed by atoms with Gasteiger partial charge in [-0.3, -0.25) is 0 Å². The zero-order chi connectivity index (χ0) is 10.0. The standard InChI is InChI=1S/C13H25N/c1-11(2)4-3-9-14-10-13(7-8-13)12-5-6-12/h11-12,14H,3-10H2,1-2H3. The summed E-state index contributed by atoms with van der Waals surface area (Å²) in [4.78, 5) is 0. The predicted molar refractivity (Wildman–Crippen MR) is 61.3 cm³/mol. The fraction of sp³-hybridized carbons (Fsp3) is 1.00. The lowest BCUT2D eigenvalue weighted by Crippen LogP contribution is -2.26. The molecule has 0 saturated heterocycles. The van der Waals surface area contributed by atoms with Crippen molar-refractivity contribution in [2.45, 2.75) is 52.4 Å². The van der Waals surface area contributed by atoms with Gasteiger partial charge in [0.15, 0.2) is 0 Å². The number of rotatable bonds is 7. The zero-order valence-electron chi connectivity index (χ0n) is 9.81. The topological polar surface area (TPSA) is 12.0 Å². The van der Waals surface area contributed by atoms with Gasteiger partial charge in [0.25, 0.3) is 0 Å². The molecular formula is C13H25N. The van der Waals surface area contributed by atoms with Gasteiger partial charge in [-0.25, -0.2) is 0 Å². The van der Waals surface area contributed by atoms with Crippen LogP contribution in [0.2, 0.25) is 0 Å². The minimum absolute atomic E-state index is 0.790. The van der Waals surface area contributed by atoms with Crippen LogP contribution in [0.4, 0.5) is 0 Å². The van der Waals surface area contributed by atoms with Gasteiger partial charge in [-0.1, -0.05) is 13.8 Å². The fourth-order valence-corrected chi connectivity index (χ4v) is 2.56. The van der Waals surface area contributed by atoms with E-state index in [1.54, 1.807) is 0 Å². The summed E-state index contributed by atoms with van der Waals surface area (Å²) in [5.74, 6) is 1.98. The van der Waals surface area contributed by atoms with E-state index in [1.807, 2.05) is 0 Å². The van der Waals surface area contributed by atoms with Gasteiger partial charge >= 0.3 is 0 Å². The molecule has 82 valence electrons. The Morgan fingerprint density at radius 2 is 2.00 bits per heavy atom. The lowest BCUT2D eigenvalue weighted by molar-refractivity contribution is 0.397. The first-order valence-electron chi connectivity index (χ1n) is 6.44. The lowest BCUT2D eigenvalue weighted by atomic mass is 10.0. The van der Waals surface area contributed by atoms with Gasteiger partial charge in [-0.05, 0) is 62.3 Å². The lowest BCUT2D eigenvalue weighted by Gasteiger charge is -2.15. The summed E-state index contributed by atoms with van der Waals surface area (Å²) in [6, 6.07) is 0. The Labute approximate surface area is 88.7 Å². The normalized spacial score (nSPS) is 24.2. The van der Waals surface area contributed by atoms with Crippen molar-refractivity contribution in [2.24, 2.45) is 17.3 Å². The van der Waals surface area contributed by atoms with Crippen LogP contribution < -0.4 is 5.32 Å². The van der Waals surface area contributed by atoms with Crippen LogP contribution in [-0.2, 0) is 0 Å². The summed E-state index contributed by atoms with van der Waals surface area (Å²) in [7, 11) is 0.